The summed E-state index contributed by atoms with van der Waals surface area (Å²) in [5, 5.41) is 19.4. The van der Waals surface area contributed by atoms with Gasteiger partial charge >= 0.3 is 0 Å². The van der Waals surface area contributed by atoms with Gasteiger partial charge in [0, 0.05) is 12.1 Å². The third kappa shape index (κ3) is 6.18. The molecule has 0 fully saturated rings. The highest BCUT2D eigenvalue weighted by atomic mass is 32.2. The largest absolute Gasteiger partial charge is 0.497 e. The van der Waals surface area contributed by atoms with Crippen LogP contribution in [0.4, 0.5) is 0 Å². The number of nitrogens with one attached hydrogen (secondary N) is 1. The summed E-state index contributed by atoms with van der Waals surface area (Å²) < 4.78 is 12.5. The normalized spacial score (nSPS) is 12.0. The summed E-state index contributed by atoms with van der Waals surface area (Å²) in [5.41, 5.74) is 0.831. The van der Waals surface area contributed by atoms with Crippen LogP contribution in [0.15, 0.2) is 37.4 Å². The van der Waals surface area contributed by atoms with Gasteiger partial charge in [-0.2, -0.15) is 0 Å². The van der Waals surface area contributed by atoms with E-state index in [1.165, 1.54) is 34.9 Å². The van der Waals surface area contributed by atoms with Crippen LogP contribution >= 0.6 is 34.9 Å². The molecule has 0 saturated heterocycles. The smallest absolute Gasteiger partial charge is 0.247 e. The topological polar surface area (TPSA) is 103 Å². The number of aromatic nitrogens is 4. The van der Waals surface area contributed by atoms with Crippen LogP contribution in [0.2, 0.25) is 0 Å². The standard InChI is InChI=1S/C18H21N5O3S3/c1-4-9-19-14(24)10-27-17-22-23-18(29-17)28-11(2)15-20-21-16(26-15)12-5-7-13(25-3)8-6-12/h5-8,11H,4,9-10H2,1-3H3,(H,19,24). The van der Waals surface area contributed by atoms with Crippen molar-refractivity contribution in [2.45, 2.75) is 34.2 Å². The predicted molar refractivity (Wildman–Crippen MR) is 114 cm³/mol. The molecule has 1 aromatic carbocycles. The zero-order valence-electron chi connectivity index (χ0n) is 16.2. The molecule has 2 heterocycles. The molecule has 0 saturated carbocycles. The second kappa shape index (κ2) is 10.6. The summed E-state index contributed by atoms with van der Waals surface area (Å²) in [7, 11) is 1.62. The lowest BCUT2D eigenvalue weighted by Crippen LogP contribution is -2.25. The molecule has 1 unspecified atom stereocenters. The van der Waals surface area contributed by atoms with E-state index in [9.17, 15) is 4.79 Å². The van der Waals surface area contributed by atoms with Crippen molar-refractivity contribution in [1.82, 2.24) is 25.7 Å². The molecule has 1 N–H and O–H groups in total. The van der Waals surface area contributed by atoms with Crippen LogP contribution in [0.25, 0.3) is 11.5 Å². The molecule has 8 nitrogen and oxygen atoms in total. The Morgan fingerprint density at radius 1 is 1.21 bits per heavy atom. The highest BCUT2D eigenvalue weighted by Crippen LogP contribution is 2.38. The zero-order chi connectivity index (χ0) is 20.6. The summed E-state index contributed by atoms with van der Waals surface area (Å²) in [5.74, 6) is 2.09. The first-order valence-corrected chi connectivity index (χ1v) is 11.6. The molecule has 0 radical (unpaired) electrons. The number of carbonyl (C=O) groups excluding carboxylic acids is 1. The molecule has 0 spiro atoms. The minimum absolute atomic E-state index is 0.00606. The van der Waals surface area contributed by atoms with Crippen LogP contribution in [-0.4, -0.2) is 45.7 Å². The number of hydrogen-bond donors (Lipinski definition) is 1. The minimum atomic E-state index is -0.0758. The number of amides is 1. The maximum absolute atomic E-state index is 11.7. The number of thioether (sulfide) groups is 2. The molecule has 0 aliphatic heterocycles. The molecule has 1 atom stereocenters. The Labute approximate surface area is 181 Å². The Balaban J connectivity index is 1.55. The summed E-state index contributed by atoms with van der Waals surface area (Å²) in [4.78, 5) is 11.7. The summed E-state index contributed by atoms with van der Waals surface area (Å²) >= 11 is 4.33. The lowest BCUT2D eigenvalue weighted by Gasteiger charge is -2.02. The molecule has 0 aliphatic carbocycles. The van der Waals surface area contributed by atoms with E-state index >= 15 is 0 Å². The average molecular weight is 452 g/mol. The van der Waals surface area contributed by atoms with Gasteiger partial charge in [-0.05, 0) is 37.6 Å². The average Bonchev–Trinajstić information content (AvgIpc) is 3.40. The monoisotopic (exact) mass is 451 g/mol. The Morgan fingerprint density at radius 2 is 1.97 bits per heavy atom. The van der Waals surface area contributed by atoms with Crippen LogP contribution in [0.5, 0.6) is 5.75 Å². The number of benzene rings is 1. The van der Waals surface area contributed by atoms with Crippen molar-refractivity contribution in [2.24, 2.45) is 0 Å². The predicted octanol–water partition coefficient (Wildman–Crippen LogP) is 4.07. The van der Waals surface area contributed by atoms with Crippen LogP contribution in [-0.2, 0) is 4.79 Å². The SMILES string of the molecule is CCCNC(=O)CSc1nnc(SC(C)c2nnc(-c3ccc(OC)cc3)o2)s1. The number of nitrogens with zero attached hydrogens (tertiary/aromatic N) is 4. The Kier molecular flexibility index (Phi) is 7.90. The third-order valence-electron chi connectivity index (χ3n) is 3.69. The molecule has 0 aliphatic rings. The molecule has 3 rings (SSSR count). The molecule has 1 amide bonds. The quantitative estimate of drug-likeness (QED) is 0.457. The zero-order valence-corrected chi connectivity index (χ0v) is 18.7. The molecular formula is C18H21N5O3S3. The van der Waals surface area contributed by atoms with Gasteiger partial charge in [0.2, 0.25) is 17.7 Å². The van der Waals surface area contributed by atoms with Crippen molar-refractivity contribution in [3.63, 3.8) is 0 Å². The number of rotatable bonds is 10. The van der Waals surface area contributed by atoms with Gasteiger partial charge in [-0.1, -0.05) is 41.8 Å². The minimum Gasteiger partial charge on any atom is -0.497 e. The van der Waals surface area contributed by atoms with Crippen molar-refractivity contribution in [3.05, 3.63) is 30.2 Å². The molecule has 0 bridgehead atoms. The Hall–Kier alpha value is -2.11. The highest BCUT2D eigenvalue weighted by molar-refractivity contribution is 8.03. The fourth-order valence-corrected chi connectivity index (χ4v) is 5.22. The third-order valence-corrected chi connectivity index (χ3v) is 6.92. The van der Waals surface area contributed by atoms with Crippen molar-refractivity contribution in [3.8, 4) is 17.2 Å². The summed E-state index contributed by atoms with van der Waals surface area (Å²) in [6.45, 7) is 4.69. The van der Waals surface area contributed by atoms with Crippen LogP contribution in [0.1, 0.15) is 31.4 Å². The van der Waals surface area contributed by atoms with Crippen LogP contribution in [0, 0.1) is 0 Å². The van der Waals surface area contributed by atoms with Gasteiger partial charge in [0.15, 0.2) is 8.68 Å². The highest BCUT2D eigenvalue weighted by Gasteiger charge is 2.19. The molecule has 154 valence electrons. The number of methoxy groups -OCH3 is 1. The van der Waals surface area contributed by atoms with Crippen LogP contribution in [0.3, 0.4) is 0 Å². The van der Waals surface area contributed by atoms with E-state index in [-0.39, 0.29) is 11.2 Å². The van der Waals surface area contributed by atoms with Crippen molar-refractivity contribution >= 4 is 40.8 Å². The maximum Gasteiger partial charge on any atom is 0.247 e. The molecule has 2 aromatic heterocycles. The number of ether oxygens (including phenoxy) is 1. The number of hydrogen-bond acceptors (Lipinski definition) is 10. The first-order chi connectivity index (χ1) is 14.1. The summed E-state index contributed by atoms with van der Waals surface area (Å²) in [6, 6.07) is 7.44. The first kappa shape index (κ1) is 21.6. The van der Waals surface area contributed by atoms with Crippen molar-refractivity contribution in [1.29, 1.82) is 0 Å². The first-order valence-electron chi connectivity index (χ1n) is 8.96. The van der Waals surface area contributed by atoms with Gasteiger partial charge in [-0.25, -0.2) is 0 Å². The Morgan fingerprint density at radius 3 is 2.69 bits per heavy atom. The number of carbonyl (C=O) groups is 1. The lowest BCUT2D eigenvalue weighted by molar-refractivity contribution is -0.118. The van der Waals surface area contributed by atoms with Gasteiger partial charge in [-0.3, -0.25) is 4.79 Å². The molecule has 29 heavy (non-hydrogen) atoms. The van der Waals surface area contributed by atoms with Gasteiger partial charge < -0.3 is 14.5 Å². The van der Waals surface area contributed by atoms with E-state index in [0.717, 1.165) is 26.4 Å². The fourth-order valence-electron chi connectivity index (χ4n) is 2.20. The van der Waals surface area contributed by atoms with E-state index in [1.807, 2.05) is 38.1 Å². The van der Waals surface area contributed by atoms with E-state index in [0.29, 0.717) is 24.1 Å². The summed E-state index contributed by atoms with van der Waals surface area (Å²) in [6.07, 6.45) is 0.920. The van der Waals surface area contributed by atoms with E-state index in [4.69, 9.17) is 9.15 Å². The van der Waals surface area contributed by atoms with Gasteiger partial charge in [-0.15, -0.1) is 20.4 Å². The van der Waals surface area contributed by atoms with Crippen LogP contribution < -0.4 is 10.1 Å². The van der Waals surface area contributed by atoms with Gasteiger partial charge in [0.25, 0.3) is 0 Å². The second-order valence-electron chi connectivity index (χ2n) is 5.91. The second-order valence-corrected chi connectivity index (χ2v) is 9.69. The van der Waals surface area contributed by atoms with E-state index < -0.39 is 0 Å². The van der Waals surface area contributed by atoms with E-state index in [1.54, 1.807) is 7.11 Å². The van der Waals surface area contributed by atoms with Crippen molar-refractivity contribution < 1.29 is 13.9 Å². The molecular weight excluding hydrogens is 430 g/mol. The van der Waals surface area contributed by atoms with Gasteiger partial charge in [0.1, 0.15) is 5.75 Å². The van der Waals surface area contributed by atoms with Gasteiger partial charge in [0.05, 0.1) is 18.1 Å². The lowest BCUT2D eigenvalue weighted by atomic mass is 10.2. The van der Waals surface area contributed by atoms with Crippen molar-refractivity contribution in [2.75, 3.05) is 19.4 Å². The molecule has 11 heteroatoms. The fraction of sp³-hybridized carbons (Fsp3) is 0.389. The Bertz CT molecular complexity index is 929. The van der Waals surface area contributed by atoms with E-state index in [2.05, 4.69) is 25.7 Å². The maximum atomic E-state index is 11.7. The molecule has 3 aromatic rings.